The number of rotatable bonds is 11. The molecule has 4 N–H and O–H groups in total. The Morgan fingerprint density at radius 3 is 2.32 bits per heavy atom. The molecule has 0 atom stereocenters. The Morgan fingerprint density at radius 2 is 1.64 bits per heavy atom. The normalized spacial score (nSPS) is 13.0. The monoisotopic (exact) mass is 612 g/mol. The molecule has 1 saturated carbocycles. The lowest BCUT2D eigenvalue weighted by atomic mass is 10.0. The number of ether oxygens (including phenoxy) is 2. The fourth-order valence-electron chi connectivity index (χ4n) is 4.69. The number of sulfonamides is 1. The van der Waals surface area contributed by atoms with Gasteiger partial charge in [-0.1, -0.05) is 30.3 Å². The maximum atomic E-state index is 13.5. The van der Waals surface area contributed by atoms with Gasteiger partial charge in [0, 0.05) is 40.9 Å². The van der Waals surface area contributed by atoms with E-state index in [0.717, 1.165) is 18.5 Å². The van der Waals surface area contributed by atoms with Crippen molar-refractivity contribution in [2.45, 2.75) is 23.8 Å². The minimum Gasteiger partial charge on any atom is -0.480 e. The summed E-state index contributed by atoms with van der Waals surface area (Å²) in [4.78, 5) is 24.9. The van der Waals surface area contributed by atoms with Crippen molar-refractivity contribution >= 4 is 49.6 Å². The number of benzene rings is 3. The van der Waals surface area contributed by atoms with Gasteiger partial charge in [0.25, 0.3) is 0 Å². The largest absolute Gasteiger partial charge is 0.480 e. The quantitative estimate of drug-likeness (QED) is 0.152. The van der Waals surface area contributed by atoms with Crippen molar-refractivity contribution < 1.29 is 27.8 Å². The summed E-state index contributed by atoms with van der Waals surface area (Å²) in [5.41, 5.74) is 3.65. The van der Waals surface area contributed by atoms with Gasteiger partial charge in [-0.2, -0.15) is 4.98 Å². The van der Waals surface area contributed by atoms with Crippen LogP contribution < -0.4 is 24.8 Å². The van der Waals surface area contributed by atoms with Crippen molar-refractivity contribution in [3.63, 3.8) is 0 Å². The molecule has 3 aromatic carbocycles. The molecule has 0 aliphatic heterocycles. The number of hydrogen-bond acceptors (Lipinski definition) is 10. The zero-order valence-electron chi connectivity index (χ0n) is 23.7. The number of carboxylic acid groups (broad SMARTS) is 1. The zero-order valence-corrected chi connectivity index (χ0v) is 24.6. The van der Waals surface area contributed by atoms with Gasteiger partial charge < -0.3 is 25.2 Å². The Balaban J connectivity index is 1.47. The zero-order chi connectivity index (χ0) is 30.8. The molecule has 0 bridgehead atoms. The van der Waals surface area contributed by atoms with Gasteiger partial charge in [0.05, 0.1) is 36.6 Å². The van der Waals surface area contributed by atoms with Gasteiger partial charge in [-0.3, -0.25) is 4.98 Å². The van der Waals surface area contributed by atoms with E-state index in [0.29, 0.717) is 39.3 Å². The summed E-state index contributed by atoms with van der Waals surface area (Å²) in [6, 6.07) is 19.3. The fraction of sp³-hybridized carbons (Fsp3) is 0.161. The number of nitrogens with zero attached hydrogens (tertiary/aromatic N) is 3. The Bertz CT molecular complexity index is 1980. The van der Waals surface area contributed by atoms with Crippen LogP contribution in [-0.2, 0) is 10.0 Å². The second kappa shape index (κ2) is 11.8. The molecule has 224 valence electrons. The molecule has 12 nitrogen and oxygen atoms in total. The number of hydrogen-bond donors (Lipinski definition) is 4. The van der Waals surface area contributed by atoms with E-state index in [1.54, 1.807) is 30.5 Å². The SMILES string of the molecule is COc1ncc(-c2ccc3c(Nc4cc(Nc5ccccc5)cc(C(=O)O)c4)c(S(=O)(=O)NC4CC4)cnc3c2)c(OC)n1. The molecule has 44 heavy (non-hydrogen) atoms. The van der Waals surface area contributed by atoms with Gasteiger partial charge in [-0.25, -0.2) is 22.9 Å². The topological polar surface area (TPSA) is 165 Å². The van der Waals surface area contributed by atoms with Crippen molar-refractivity contribution in [2.24, 2.45) is 0 Å². The summed E-state index contributed by atoms with van der Waals surface area (Å²) in [7, 11) is -1.02. The standard InChI is InChI=1S/C31H28N6O6S/c1-42-29-25(16-33-31(36-29)43-2)18-8-11-24-26(14-18)32-17-27(44(40,41)37-21-9-10-21)28(24)35-23-13-19(30(38)39)12-22(15-23)34-20-6-4-3-5-7-20/h3-8,11-17,21,34,37H,9-10H2,1-2H3,(H,32,35)(H,38,39). The number of carbonyl (C=O) groups is 1. The van der Waals surface area contributed by atoms with Gasteiger partial charge >= 0.3 is 12.0 Å². The van der Waals surface area contributed by atoms with Crippen LogP contribution in [0.4, 0.5) is 22.7 Å². The van der Waals surface area contributed by atoms with Gasteiger partial charge in [0.2, 0.25) is 15.9 Å². The molecule has 6 rings (SSSR count). The second-order valence-corrected chi connectivity index (χ2v) is 11.8. The maximum absolute atomic E-state index is 13.5. The van der Waals surface area contributed by atoms with Gasteiger partial charge in [-0.15, -0.1) is 0 Å². The van der Waals surface area contributed by atoms with Crippen LogP contribution in [0.25, 0.3) is 22.0 Å². The van der Waals surface area contributed by atoms with Crippen LogP contribution in [0.1, 0.15) is 23.2 Å². The number of pyridine rings is 1. The predicted octanol–water partition coefficient (Wildman–Crippen LogP) is 5.34. The van der Waals surface area contributed by atoms with Crippen molar-refractivity contribution in [3.8, 4) is 23.0 Å². The number of fused-ring (bicyclic) bond motifs is 1. The van der Waals surface area contributed by atoms with E-state index >= 15 is 0 Å². The molecule has 0 unspecified atom stereocenters. The van der Waals surface area contributed by atoms with Crippen molar-refractivity contribution in [1.82, 2.24) is 19.7 Å². The molecular weight excluding hydrogens is 584 g/mol. The van der Waals surface area contributed by atoms with Crippen molar-refractivity contribution in [3.05, 3.63) is 84.7 Å². The van der Waals surface area contributed by atoms with E-state index in [1.165, 1.54) is 32.5 Å². The van der Waals surface area contributed by atoms with Crippen LogP contribution in [0, 0.1) is 0 Å². The van der Waals surface area contributed by atoms with Crippen LogP contribution in [0.2, 0.25) is 0 Å². The van der Waals surface area contributed by atoms with E-state index < -0.39 is 16.0 Å². The van der Waals surface area contributed by atoms with Crippen LogP contribution >= 0.6 is 0 Å². The van der Waals surface area contributed by atoms with Gasteiger partial charge in [0.1, 0.15) is 4.90 Å². The first-order valence-corrected chi connectivity index (χ1v) is 15.1. The van der Waals surface area contributed by atoms with Crippen LogP contribution in [0.15, 0.2) is 84.0 Å². The third-order valence-electron chi connectivity index (χ3n) is 6.95. The van der Waals surface area contributed by atoms with E-state index in [-0.39, 0.29) is 28.2 Å². The number of methoxy groups -OCH3 is 2. The van der Waals surface area contributed by atoms with E-state index in [1.807, 2.05) is 30.3 Å². The average Bonchev–Trinajstić information content (AvgIpc) is 3.84. The Morgan fingerprint density at radius 1 is 0.886 bits per heavy atom. The molecule has 1 fully saturated rings. The smallest absolute Gasteiger partial charge is 0.335 e. The number of para-hydroxylation sites is 1. The van der Waals surface area contributed by atoms with Crippen molar-refractivity contribution in [2.75, 3.05) is 24.9 Å². The fourth-order valence-corrected chi connectivity index (χ4v) is 6.11. The van der Waals surface area contributed by atoms with E-state index in [4.69, 9.17) is 9.47 Å². The molecule has 0 radical (unpaired) electrons. The summed E-state index contributed by atoms with van der Waals surface area (Å²) in [6.07, 6.45) is 4.38. The lowest BCUT2D eigenvalue weighted by molar-refractivity contribution is 0.0697. The third kappa shape index (κ3) is 6.09. The minimum atomic E-state index is -3.97. The minimum absolute atomic E-state index is 0.0150. The number of carboxylic acids is 1. The lowest BCUT2D eigenvalue weighted by Gasteiger charge is -2.18. The summed E-state index contributed by atoms with van der Waals surface area (Å²) in [5.74, 6) is -0.834. The molecule has 0 saturated heterocycles. The Kier molecular flexibility index (Phi) is 7.72. The highest BCUT2D eigenvalue weighted by Gasteiger charge is 2.30. The third-order valence-corrected chi connectivity index (χ3v) is 8.49. The first kappa shape index (κ1) is 28.8. The van der Waals surface area contributed by atoms with Gasteiger partial charge in [0.15, 0.2) is 0 Å². The van der Waals surface area contributed by atoms with Crippen molar-refractivity contribution in [1.29, 1.82) is 0 Å². The second-order valence-electron chi connectivity index (χ2n) is 10.1. The molecule has 2 aromatic heterocycles. The number of aromatic carboxylic acids is 1. The molecule has 0 amide bonds. The van der Waals surface area contributed by atoms with E-state index in [2.05, 4.69) is 30.3 Å². The average molecular weight is 613 g/mol. The first-order chi connectivity index (χ1) is 21.2. The maximum Gasteiger partial charge on any atom is 0.335 e. The number of nitrogens with one attached hydrogen (secondary N) is 3. The summed E-state index contributed by atoms with van der Waals surface area (Å²) < 4.78 is 40.3. The number of anilines is 4. The molecule has 5 aromatic rings. The highest BCUT2D eigenvalue weighted by atomic mass is 32.2. The molecule has 2 heterocycles. The Labute approximate surface area is 253 Å². The van der Waals surface area contributed by atoms with E-state index in [9.17, 15) is 18.3 Å². The predicted molar refractivity (Wildman–Crippen MR) is 166 cm³/mol. The molecular formula is C31H28N6O6S. The number of aromatic nitrogens is 3. The molecule has 13 heteroatoms. The summed E-state index contributed by atoms with van der Waals surface area (Å²) in [6.45, 7) is 0. The van der Waals surface area contributed by atoms with Crippen LogP contribution in [-0.4, -0.2) is 54.7 Å². The Hall–Kier alpha value is -5.27. The van der Waals surface area contributed by atoms with Gasteiger partial charge in [-0.05, 0) is 54.8 Å². The first-order valence-electron chi connectivity index (χ1n) is 13.6. The molecule has 1 aliphatic rings. The lowest BCUT2D eigenvalue weighted by Crippen LogP contribution is -2.26. The highest BCUT2D eigenvalue weighted by Crippen LogP contribution is 2.37. The van der Waals surface area contributed by atoms with Crippen LogP contribution in [0.5, 0.6) is 11.9 Å². The highest BCUT2D eigenvalue weighted by molar-refractivity contribution is 7.89. The summed E-state index contributed by atoms with van der Waals surface area (Å²) >= 11 is 0. The summed E-state index contributed by atoms with van der Waals surface area (Å²) in [5, 5.41) is 16.8. The van der Waals surface area contributed by atoms with Crippen LogP contribution in [0.3, 0.4) is 0 Å². The molecule has 0 spiro atoms. The molecule has 1 aliphatic carbocycles.